The van der Waals surface area contributed by atoms with Gasteiger partial charge in [-0.1, -0.05) is 63.7 Å². The van der Waals surface area contributed by atoms with Crippen LogP contribution in [0.4, 0.5) is 0 Å². The lowest BCUT2D eigenvalue weighted by Gasteiger charge is -2.40. The number of allylic oxidation sites excluding steroid dienone is 2. The van der Waals surface area contributed by atoms with Crippen molar-refractivity contribution in [2.45, 2.75) is 122 Å². The summed E-state index contributed by atoms with van der Waals surface area (Å²) in [6.45, 7) is 6.57. The monoisotopic (exact) mass is 603 g/mol. The summed E-state index contributed by atoms with van der Waals surface area (Å²) in [5.74, 6) is 8.33. The Balaban J connectivity index is 1.90. The molecule has 0 spiro atoms. The summed E-state index contributed by atoms with van der Waals surface area (Å²) in [4.78, 5) is 17.5. The van der Waals surface area contributed by atoms with Crippen molar-refractivity contribution in [3.63, 3.8) is 0 Å². The first-order valence-electron chi connectivity index (χ1n) is 16.7. The summed E-state index contributed by atoms with van der Waals surface area (Å²) in [5, 5.41) is 12.1. The van der Waals surface area contributed by atoms with Gasteiger partial charge in [-0.05, 0) is 86.8 Å². The number of aliphatic imine (C=N–C) groups is 1. The van der Waals surface area contributed by atoms with Crippen molar-refractivity contribution in [1.29, 1.82) is 0 Å². The molecule has 1 fully saturated rings. The van der Waals surface area contributed by atoms with Gasteiger partial charge in [-0.15, -0.1) is 0 Å². The van der Waals surface area contributed by atoms with E-state index in [1.165, 1.54) is 0 Å². The summed E-state index contributed by atoms with van der Waals surface area (Å²) in [5.41, 5.74) is 14.4. The number of unbranched alkanes of at least 4 members (excludes halogenated alkanes) is 1. The number of nitrogens with zero attached hydrogens (tertiary/aromatic N) is 1. The molecule has 3 aliphatic rings. The Labute approximate surface area is 264 Å². The summed E-state index contributed by atoms with van der Waals surface area (Å²) in [6.07, 6.45) is 18.1. The number of hydrogen-bond donors (Lipinski definition) is 3. The molecule has 0 aliphatic heterocycles. The summed E-state index contributed by atoms with van der Waals surface area (Å²) in [6, 6.07) is 1.77. The van der Waals surface area contributed by atoms with E-state index in [-0.39, 0.29) is 53.5 Å². The maximum absolute atomic E-state index is 12.9. The number of phenols is 1. The third-order valence-corrected chi connectivity index (χ3v) is 9.44. The van der Waals surface area contributed by atoms with Crippen molar-refractivity contribution in [3.05, 3.63) is 47.1 Å². The van der Waals surface area contributed by atoms with Gasteiger partial charge in [0.25, 0.3) is 0 Å². The predicted octanol–water partition coefficient (Wildman–Crippen LogP) is 6.70. The van der Waals surface area contributed by atoms with Crippen LogP contribution in [0.3, 0.4) is 0 Å². The molecule has 0 aromatic heterocycles. The molecule has 3 aliphatic carbocycles. The van der Waals surface area contributed by atoms with E-state index in [0.717, 1.165) is 74.5 Å². The molecule has 5 N–H and O–H groups in total. The second kappa shape index (κ2) is 16.2. The van der Waals surface area contributed by atoms with Crippen molar-refractivity contribution < 1.29 is 19.4 Å². The molecule has 240 valence electrons. The number of carbonyl (C=O) groups is 1. The van der Waals surface area contributed by atoms with E-state index in [9.17, 15) is 9.90 Å². The Morgan fingerprint density at radius 1 is 1.23 bits per heavy atom. The number of ether oxygens (including phenoxy) is 2. The number of methoxy groups -OCH3 is 1. The third-order valence-electron chi connectivity index (χ3n) is 9.44. The van der Waals surface area contributed by atoms with Crippen LogP contribution in [0.15, 0.2) is 35.4 Å². The molecule has 7 nitrogen and oxygen atoms in total. The number of ketones is 1. The van der Waals surface area contributed by atoms with Crippen molar-refractivity contribution in [2.24, 2.45) is 34.2 Å². The van der Waals surface area contributed by atoms with Crippen LogP contribution in [0.2, 0.25) is 0 Å². The topological polar surface area (TPSA) is 120 Å². The standard InChI is InChI=1S/C37H53N3O4/c1-5-6-7-11-27(41)19-17-25-23-34(44-28-12-8-9-13-28)36(42)35-29(25)14-10-15-32(40-37(38)39)26-18-21-33(43-4)31(22-26)30(35)20-16-24(2)3/h7,11,18,21,23-24,26,28,30-33,42H,5-6,8-9,12-13,15-17,19-20,22H2,1-4H3,(H4,38,39,40)/b11-7+/t26-,30-,31+,32+,33-/m0/s1. The van der Waals surface area contributed by atoms with Crippen molar-refractivity contribution in [3.8, 4) is 23.3 Å². The van der Waals surface area contributed by atoms with Crippen LogP contribution in [0, 0.1) is 29.6 Å². The SMILES string of the molecule is CCC/C=C/C(=O)CCc1cc(OC2CCCC2)c(O)c2c1C#CC[C@@H](N=C(N)N)[C@H]1C=C[C@H](OC)[C@H](C1)[C@@H]2CCC(C)C. The molecule has 0 radical (unpaired) electrons. The van der Waals surface area contributed by atoms with Gasteiger partial charge < -0.3 is 26.0 Å². The maximum Gasteiger partial charge on any atom is 0.186 e. The minimum Gasteiger partial charge on any atom is -0.504 e. The number of fused-ring (bicyclic) bond motifs is 3. The van der Waals surface area contributed by atoms with E-state index in [1.54, 1.807) is 13.2 Å². The van der Waals surface area contributed by atoms with E-state index in [2.05, 4.69) is 49.8 Å². The van der Waals surface area contributed by atoms with E-state index in [0.29, 0.717) is 30.9 Å². The fraction of sp³-hybridized carbons (Fsp3) is 0.622. The fourth-order valence-corrected chi connectivity index (χ4v) is 7.09. The normalized spacial score (nSPS) is 25.0. The number of rotatable bonds is 13. The fourth-order valence-electron chi connectivity index (χ4n) is 7.09. The lowest BCUT2D eigenvalue weighted by Crippen LogP contribution is -2.37. The van der Waals surface area contributed by atoms with E-state index >= 15 is 0 Å². The molecular formula is C37H53N3O4. The van der Waals surface area contributed by atoms with E-state index in [1.807, 2.05) is 12.1 Å². The molecule has 7 heteroatoms. The molecule has 2 bridgehead atoms. The molecule has 0 unspecified atom stereocenters. The second-order valence-electron chi connectivity index (χ2n) is 13.2. The minimum absolute atomic E-state index is 0.0388. The molecule has 1 aromatic carbocycles. The lowest BCUT2D eigenvalue weighted by molar-refractivity contribution is -0.114. The summed E-state index contributed by atoms with van der Waals surface area (Å²) < 4.78 is 12.6. The van der Waals surface area contributed by atoms with Crippen LogP contribution < -0.4 is 16.2 Å². The van der Waals surface area contributed by atoms with Gasteiger partial charge in [0.15, 0.2) is 23.2 Å². The molecule has 1 saturated carbocycles. The average molecular weight is 604 g/mol. The Morgan fingerprint density at radius 2 is 2.00 bits per heavy atom. The lowest BCUT2D eigenvalue weighted by atomic mass is 9.68. The van der Waals surface area contributed by atoms with Gasteiger partial charge in [-0.2, -0.15) is 0 Å². The van der Waals surface area contributed by atoms with Crippen molar-refractivity contribution >= 4 is 11.7 Å². The minimum atomic E-state index is -0.177. The van der Waals surface area contributed by atoms with Gasteiger partial charge in [-0.3, -0.25) is 4.79 Å². The first-order valence-corrected chi connectivity index (χ1v) is 16.7. The van der Waals surface area contributed by atoms with Crippen LogP contribution in [0.25, 0.3) is 0 Å². The highest BCUT2D eigenvalue weighted by molar-refractivity contribution is 5.89. The Bertz CT molecular complexity index is 1280. The summed E-state index contributed by atoms with van der Waals surface area (Å²) >= 11 is 0. The molecule has 0 saturated heterocycles. The Kier molecular flexibility index (Phi) is 12.4. The van der Waals surface area contributed by atoms with Crippen molar-refractivity contribution in [1.82, 2.24) is 0 Å². The second-order valence-corrected chi connectivity index (χ2v) is 13.2. The van der Waals surface area contributed by atoms with Crippen LogP contribution in [-0.2, 0) is 16.0 Å². The van der Waals surface area contributed by atoms with Gasteiger partial charge in [0.2, 0.25) is 0 Å². The quantitative estimate of drug-likeness (QED) is 0.0759. The van der Waals surface area contributed by atoms with Gasteiger partial charge in [0, 0.05) is 37.0 Å². The molecule has 0 heterocycles. The highest BCUT2D eigenvalue weighted by Gasteiger charge is 2.40. The zero-order valence-electron chi connectivity index (χ0n) is 27.2. The molecule has 4 rings (SSSR count). The number of aryl methyl sites for hydroxylation is 1. The molecule has 44 heavy (non-hydrogen) atoms. The number of phenolic OH excluding ortho intramolecular Hbond substituents is 1. The smallest absolute Gasteiger partial charge is 0.186 e. The van der Waals surface area contributed by atoms with Crippen LogP contribution in [-0.4, -0.2) is 42.2 Å². The molecule has 0 amide bonds. The third kappa shape index (κ3) is 8.69. The van der Waals surface area contributed by atoms with Crippen LogP contribution in [0.5, 0.6) is 11.5 Å². The number of hydrogen-bond acceptors (Lipinski definition) is 5. The molecule has 5 atom stereocenters. The average Bonchev–Trinajstić information content (AvgIpc) is 3.51. The highest BCUT2D eigenvalue weighted by atomic mass is 16.5. The van der Waals surface area contributed by atoms with Gasteiger partial charge in [0.1, 0.15) is 0 Å². The molecule has 1 aromatic rings. The number of guanidine groups is 1. The number of carbonyl (C=O) groups excluding carboxylic acids is 1. The van der Waals surface area contributed by atoms with E-state index in [4.69, 9.17) is 20.9 Å². The number of aromatic hydroxyl groups is 1. The summed E-state index contributed by atoms with van der Waals surface area (Å²) in [7, 11) is 1.75. The largest absolute Gasteiger partial charge is 0.504 e. The number of benzene rings is 1. The first kappa shape index (κ1) is 33.6. The van der Waals surface area contributed by atoms with Gasteiger partial charge in [-0.25, -0.2) is 4.99 Å². The van der Waals surface area contributed by atoms with Crippen LogP contribution in [0.1, 0.15) is 114 Å². The zero-order valence-corrected chi connectivity index (χ0v) is 27.2. The Morgan fingerprint density at radius 3 is 2.68 bits per heavy atom. The van der Waals surface area contributed by atoms with Gasteiger partial charge in [0.05, 0.1) is 18.2 Å². The first-order chi connectivity index (χ1) is 21.2. The maximum atomic E-state index is 12.9. The van der Waals surface area contributed by atoms with Gasteiger partial charge >= 0.3 is 0 Å². The highest BCUT2D eigenvalue weighted by Crippen LogP contribution is 2.49. The molecular weight excluding hydrogens is 550 g/mol. The van der Waals surface area contributed by atoms with E-state index < -0.39 is 0 Å². The number of nitrogens with two attached hydrogens (primary N) is 2. The van der Waals surface area contributed by atoms with Crippen LogP contribution >= 0.6 is 0 Å². The Hall–Kier alpha value is -3.24. The zero-order chi connectivity index (χ0) is 31.6. The van der Waals surface area contributed by atoms with Crippen molar-refractivity contribution in [2.75, 3.05) is 7.11 Å². The predicted molar refractivity (Wildman–Crippen MR) is 178 cm³/mol.